The highest BCUT2D eigenvalue weighted by Gasteiger charge is 2.40. The van der Waals surface area contributed by atoms with Gasteiger partial charge in [0, 0.05) is 38.5 Å². The minimum Gasteiger partial charge on any atom is -0.391 e. The fourth-order valence-electron chi connectivity index (χ4n) is 7.16. The third-order valence-electron chi connectivity index (χ3n) is 10.2. The number of aliphatic hydroxyl groups is 1. The maximum Gasteiger partial charge on any atom is 0.318 e. The number of hydrogen-bond acceptors (Lipinski definition) is 7. The van der Waals surface area contributed by atoms with Crippen LogP contribution in [0, 0.1) is 5.92 Å². The number of likely N-dealkylation sites (tertiary alicyclic amines) is 1. The normalized spacial score (nSPS) is 22.3. The molecule has 264 valence electrons. The van der Waals surface area contributed by atoms with Gasteiger partial charge in [-0.2, -0.15) is 0 Å². The molecular formula is C36H54N6O6. The topological polar surface area (TPSA) is 158 Å². The SMILES string of the molecule is CC1(C)OCO[C@H]1C[C@H](O)[C@H](CC1CCCCC1)NC(=O)[C@H](Cc1c[nH]cn1)NC(=O)[C@H](Cc1ccccc1)NC(=O)N1CCCCC1. The molecule has 48 heavy (non-hydrogen) atoms. The summed E-state index contributed by atoms with van der Waals surface area (Å²) in [7, 11) is 0. The highest BCUT2D eigenvalue weighted by Crippen LogP contribution is 2.32. The Balaban J connectivity index is 1.33. The van der Waals surface area contributed by atoms with Crippen LogP contribution in [0.3, 0.4) is 0 Å². The number of piperidine rings is 1. The van der Waals surface area contributed by atoms with E-state index in [0.29, 0.717) is 37.5 Å². The van der Waals surface area contributed by atoms with Crippen molar-refractivity contribution in [1.82, 2.24) is 30.8 Å². The molecule has 1 aliphatic carbocycles. The van der Waals surface area contributed by atoms with Gasteiger partial charge in [-0.05, 0) is 51.0 Å². The number of imidazole rings is 1. The van der Waals surface area contributed by atoms with Gasteiger partial charge in [-0.15, -0.1) is 0 Å². The lowest BCUT2D eigenvalue weighted by atomic mass is 9.82. The lowest BCUT2D eigenvalue weighted by Gasteiger charge is -2.34. The van der Waals surface area contributed by atoms with E-state index in [1.165, 1.54) is 12.7 Å². The molecule has 0 radical (unpaired) electrons. The summed E-state index contributed by atoms with van der Waals surface area (Å²) >= 11 is 0. The van der Waals surface area contributed by atoms with Crippen molar-refractivity contribution in [1.29, 1.82) is 0 Å². The number of aromatic nitrogens is 2. The van der Waals surface area contributed by atoms with E-state index in [2.05, 4.69) is 25.9 Å². The minimum atomic E-state index is -0.991. The predicted molar refractivity (Wildman–Crippen MR) is 181 cm³/mol. The highest BCUT2D eigenvalue weighted by atomic mass is 16.7. The lowest BCUT2D eigenvalue weighted by molar-refractivity contribution is -0.131. The zero-order chi connectivity index (χ0) is 33.9. The Labute approximate surface area is 284 Å². The average Bonchev–Trinajstić information content (AvgIpc) is 3.73. The van der Waals surface area contributed by atoms with Crippen LogP contribution in [0.2, 0.25) is 0 Å². The number of nitrogens with zero attached hydrogens (tertiary/aromatic N) is 2. The third-order valence-corrected chi connectivity index (χ3v) is 10.2. The summed E-state index contributed by atoms with van der Waals surface area (Å²) < 4.78 is 11.5. The van der Waals surface area contributed by atoms with Crippen molar-refractivity contribution in [2.24, 2.45) is 5.92 Å². The number of urea groups is 1. The van der Waals surface area contributed by atoms with Crippen molar-refractivity contribution in [3.05, 3.63) is 54.1 Å². The Morgan fingerprint density at radius 3 is 2.29 bits per heavy atom. The number of amides is 4. The fraction of sp³-hybridized carbons (Fsp3) is 0.667. The van der Waals surface area contributed by atoms with Gasteiger partial charge < -0.3 is 40.4 Å². The Hall–Kier alpha value is -3.48. The molecule has 3 fully saturated rings. The maximum absolute atomic E-state index is 14.2. The van der Waals surface area contributed by atoms with Gasteiger partial charge in [0.05, 0.1) is 35.9 Å². The van der Waals surface area contributed by atoms with E-state index in [1.807, 2.05) is 44.2 Å². The number of ether oxygens (including phenoxy) is 2. The number of aliphatic hydroxyl groups excluding tert-OH is 1. The number of H-pyrrole nitrogens is 1. The van der Waals surface area contributed by atoms with Crippen LogP contribution in [0.1, 0.15) is 89.3 Å². The molecule has 1 aromatic heterocycles. The van der Waals surface area contributed by atoms with E-state index in [-0.39, 0.29) is 31.8 Å². The Kier molecular flexibility index (Phi) is 12.9. The summed E-state index contributed by atoms with van der Waals surface area (Å²) in [5.41, 5.74) is 0.945. The smallest absolute Gasteiger partial charge is 0.318 e. The Morgan fingerprint density at radius 1 is 0.938 bits per heavy atom. The quantitative estimate of drug-likeness (QED) is 0.206. The fourth-order valence-corrected chi connectivity index (χ4v) is 7.16. The summed E-state index contributed by atoms with van der Waals surface area (Å²) in [5, 5.41) is 20.6. The van der Waals surface area contributed by atoms with Crippen molar-refractivity contribution in [3.63, 3.8) is 0 Å². The summed E-state index contributed by atoms with van der Waals surface area (Å²) in [4.78, 5) is 50.4. The first kappa shape index (κ1) is 35.8. The molecule has 3 aliphatic rings. The molecule has 12 heteroatoms. The minimum absolute atomic E-state index is 0.137. The molecular weight excluding hydrogens is 612 g/mol. The molecule has 2 saturated heterocycles. The first-order chi connectivity index (χ1) is 23.2. The third kappa shape index (κ3) is 10.3. The predicted octanol–water partition coefficient (Wildman–Crippen LogP) is 3.60. The van der Waals surface area contributed by atoms with Crippen LogP contribution in [0.4, 0.5) is 4.79 Å². The van der Waals surface area contributed by atoms with Gasteiger partial charge in [0.1, 0.15) is 18.9 Å². The van der Waals surface area contributed by atoms with Gasteiger partial charge in [-0.25, -0.2) is 9.78 Å². The van der Waals surface area contributed by atoms with E-state index in [0.717, 1.165) is 50.5 Å². The number of aromatic amines is 1. The summed E-state index contributed by atoms with van der Waals surface area (Å²) in [6.45, 7) is 5.35. The van der Waals surface area contributed by atoms with Crippen LogP contribution in [-0.4, -0.2) is 93.6 Å². The van der Waals surface area contributed by atoms with Crippen LogP contribution < -0.4 is 16.0 Å². The summed E-state index contributed by atoms with van der Waals surface area (Å²) in [6, 6.07) is 6.81. The first-order valence-corrected chi connectivity index (χ1v) is 17.8. The standard InChI is InChI=1S/C36H54N6O6/c1-36(2)32(47-24-48-36)21-31(43)28(18-25-12-6-3-7-13-25)39-34(45)30(20-27-22-37-23-38-27)40-33(44)29(19-26-14-8-4-9-15-26)41-35(46)42-16-10-5-11-17-42/h4,8-9,14-15,22-23,25,28-32,43H,3,5-7,10-13,16-21,24H2,1-2H3,(H,37,38)(H,39,45)(H,40,44)(H,41,46)/t28-,29-,30-,31-,32-/m0/s1. The molecule has 1 saturated carbocycles. The number of carbonyl (C=O) groups is 3. The Morgan fingerprint density at radius 2 is 1.62 bits per heavy atom. The number of carbonyl (C=O) groups excluding carboxylic acids is 3. The molecule has 0 spiro atoms. The first-order valence-electron chi connectivity index (χ1n) is 17.8. The van der Waals surface area contributed by atoms with Gasteiger partial charge >= 0.3 is 6.03 Å². The van der Waals surface area contributed by atoms with Gasteiger partial charge in [0.2, 0.25) is 11.8 Å². The van der Waals surface area contributed by atoms with E-state index in [1.54, 1.807) is 11.1 Å². The van der Waals surface area contributed by atoms with Crippen LogP contribution in [-0.2, 0) is 31.9 Å². The molecule has 0 bridgehead atoms. The molecule has 5 N–H and O–H groups in total. The van der Waals surface area contributed by atoms with Crippen molar-refractivity contribution in [2.45, 2.75) is 127 Å². The van der Waals surface area contributed by atoms with Crippen molar-refractivity contribution < 1.29 is 29.0 Å². The highest BCUT2D eigenvalue weighted by molar-refractivity contribution is 5.92. The molecule has 1 aromatic carbocycles. The number of hydrogen-bond donors (Lipinski definition) is 5. The van der Waals surface area contributed by atoms with Gasteiger partial charge in [0.15, 0.2) is 0 Å². The van der Waals surface area contributed by atoms with Crippen molar-refractivity contribution >= 4 is 17.8 Å². The summed E-state index contributed by atoms with van der Waals surface area (Å²) in [6.07, 6.45) is 11.9. The number of rotatable bonds is 14. The second-order valence-electron chi connectivity index (χ2n) is 14.2. The molecule has 5 atom stereocenters. The van der Waals surface area contributed by atoms with E-state index < -0.39 is 41.6 Å². The molecule has 4 amide bonds. The van der Waals surface area contributed by atoms with Crippen LogP contribution in [0.25, 0.3) is 0 Å². The van der Waals surface area contributed by atoms with E-state index in [9.17, 15) is 19.5 Å². The number of nitrogens with one attached hydrogen (secondary N) is 4. The van der Waals surface area contributed by atoms with E-state index in [4.69, 9.17) is 9.47 Å². The van der Waals surface area contributed by atoms with Gasteiger partial charge in [0.25, 0.3) is 0 Å². The summed E-state index contributed by atoms with van der Waals surface area (Å²) in [5.74, 6) is -0.482. The Bertz CT molecular complexity index is 1300. The number of benzene rings is 1. The molecule has 12 nitrogen and oxygen atoms in total. The van der Waals surface area contributed by atoms with Crippen LogP contribution in [0.5, 0.6) is 0 Å². The molecule has 3 heterocycles. The van der Waals surface area contributed by atoms with Gasteiger partial charge in [-0.1, -0.05) is 62.4 Å². The van der Waals surface area contributed by atoms with Crippen molar-refractivity contribution in [2.75, 3.05) is 19.9 Å². The van der Waals surface area contributed by atoms with Crippen LogP contribution >= 0.6 is 0 Å². The monoisotopic (exact) mass is 666 g/mol. The molecule has 2 aliphatic heterocycles. The maximum atomic E-state index is 14.2. The average molecular weight is 667 g/mol. The largest absolute Gasteiger partial charge is 0.391 e. The molecule has 2 aromatic rings. The molecule has 0 unspecified atom stereocenters. The van der Waals surface area contributed by atoms with Gasteiger partial charge in [-0.3, -0.25) is 9.59 Å². The lowest BCUT2D eigenvalue weighted by Crippen LogP contribution is -2.59. The second kappa shape index (κ2) is 17.3. The molecule has 5 rings (SSSR count). The second-order valence-corrected chi connectivity index (χ2v) is 14.2. The van der Waals surface area contributed by atoms with Crippen molar-refractivity contribution in [3.8, 4) is 0 Å². The van der Waals surface area contributed by atoms with E-state index >= 15 is 0 Å². The zero-order valence-corrected chi connectivity index (χ0v) is 28.5. The van der Waals surface area contributed by atoms with Crippen LogP contribution in [0.15, 0.2) is 42.9 Å². The zero-order valence-electron chi connectivity index (χ0n) is 28.5.